The molecule has 0 N–H and O–H groups in total. The molecule has 33 heavy (non-hydrogen) atoms. The standard InChI is InChI=1S/C23H22N4O4S2/c1-14-5-4-6-19(15(14)2)27(16(3)28)23-24-18(13-33-23)11-30-21(29)8-7-20-25-22(26-31-20)17-9-10-32-12-17/h4-6,9-10,12-13H,7-8,11H2,1-3H3. The number of carbonyl (C=O) groups is 2. The molecule has 8 nitrogen and oxygen atoms in total. The van der Waals surface area contributed by atoms with E-state index in [4.69, 9.17) is 9.26 Å². The summed E-state index contributed by atoms with van der Waals surface area (Å²) in [7, 11) is 0. The van der Waals surface area contributed by atoms with E-state index in [0.717, 1.165) is 22.4 Å². The van der Waals surface area contributed by atoms with Gasteiger partial charge < -0.3 is 9.26 Å². The summed E-state index contributed by atoms with van der Waals surface area (Å²) in [6.45, 7) is 5.51. The molecule has 3 aromatic heterocycles. The largest absolute Gasteiger partial charge is 0.459 e. The molecule has 4 aromatic rings. The first-order valence-corrected chi connectivity index (χ1v) is 12.1. The normalized spacial score (nSPS) is 10.9. The lowest BCUT2D eigenvalue weighted by molar-refractivity contribution is -0.145. The van der Waals surface area contributed by atoms with Crippen molar-refractivity contribution in [1.29, 1.82) is 0 Å². The second-order valence-corrected chi connectivity index (χ2v) is 9.00. The van der Waals surface area contributed by atoms with Crippen LogP contribution < -0.4 is 4.90 Å². The minimum Gasteiger partial charge on any atom is -0.459 e. The van der Waals surface area contributed by atoms with Crippen molar-refractivity contribution in [2.75, 3.05) is 4.90 Å². The van der Waals surface area contributed by atoms with E-state index in [9.17, 15) is 9.59 Å². The van der Waals surface area contributed by atoms with Gasteiger partial charge in [-0.15, -0.1) is 11.3 Å². The maximum Gasteiger partial charge on any atom is 0.306 e. The highest BCUT2D eigenvalue weighted by Gasteiger charge is 2.20. The molecule has 1 amide bonds. The van der Waals surface area contributed by atoms with Gasteiger partial charge in [-0.25, -0.2) is 4.98 Å². The van der Waals surface area contributed by atoms with Gasteiger partial charge in [0.15, 0.2) is 5.13 Å². The van der Waals surface area contributed by atoms with Crippen LogP contribution in [0.5, 0.6) is 0 Å². The number of ether oxygens (including phenoxy) is 1. The second-order valence-electron chi connectivity index (χ2n) is 7.38. The van der Waals surface area contributed by atoms with E-state index < -0.39 is 5.97 Å². The Balaban J connectivity index is 1.34. The summed E-state index contributed by atoms with van der Waals surface area (Å²) >= 11 is 2.88. The second kappa shape index (κ2) is 10.1. The highest BCUT2D eigenvalue weighted by atomic mass is 32.1. The van der Waals surface area contributed by atoms with Crippen LogP contribution in [0.4, 0.5) is 10.8 Å². The molecule has 4 rings (SSSR count). The van der Waals surface area contributed by atoms with Crippen LogP contribution >= 0.6 is 22.7 Å². The maximum absolute atomic E-state index is 12.4. The number of hydrogen-bond acceptors (Lipinski definition) is 9. The topological polar surface area (TPSA) is 98.4 Å². The van der Waals surface area contributed by atoms with Gasteiger partial charge >= 0.3 is 5.97 Å². The van der Waals surface area contributed by atoms with Crippen molar-refractivity contribution in [3.63, 3.8) is 0 Å². The van der Waals surface area contributed by atoms with Gasteiger partial charge in [-0.1, -0.05) is 17.3 Å². The quantitative estimate of drug-likeness (QED) is 0.317. The SMILES string of the molecule is CC(=O)N(c1nc(COC(=O)CCc2nc(-c3ccsc3)no2)cs1)c1cccc(C)c1C. The molecule has 0 aliphatic heterocycles. The summed E-state index contributed by atoms with van der Waals surface area (Å²) in [5, 5.41) is 10.1. The van der Waals surface area contributed by atoms with E-state index in [1.807, 2.05) is 48.9 Å². The number of nitrogens with zero attached hydrogens (tertiary/aromatic N) is 4. The van der Waals surface area contributed by atoms with E-state index in [1.165, 1.54) is 18.3 Å². The van der Waals surface area contributed by atoms with E-state index in [1.54, 1.807) is 21.6 Å². The molecule has 0 aliphatic rings. The molecule has 0 aliphatic carbocycles. The first-order chi connectivity index (χ1) is 15.9. The monoisotopic (exact) mass is 482 g/mol. The molecule has 3 heterocycles. The van der Waals surface area contributed by atoms with Gasteiger partial charge in [0.05, 0.1) is 17.8 Å². The average molecular weight is 483 g/mol. The van der Waals surface area contributed by atoms with Crippen molar-refractivity contribution in [2.45, 2.75) is 40.2 Å². The number of anilines is 2. The molecular formula is C23H22N4O4S2. The van der Waals surface area contributed by atoms with Crippen LogP contribution in [0.3, 0.4) is 0 Å². The third-order valence-electron chi connectivity index (χ3n) is 5.03. The van der Waals surface area contributed by atoms with Gasteiger partial charge in [0.25, 0.3) is 0 Å². The van der Waals surface area contributed by atoms with Crippen LogP contribution in [0, 0.1) is 13.8 Å². The van der Waals surface area contributed by atoms with Gasteiger partial charge in [-0.3, -0.25) is 14.5 Å². The molecule has 0 bridgehead atoms. The van der Waals surface area contributed by atoms with Crippen LogP contribution in [-0.4, -0.2) is 27.0 Å². The Labute approximate surface area is 198 Å². The predicted molar refractivity (Wildman–Crippen MR) is 127 cm³/mol. The zero-order valence-electron chi connectivity index (χ0n) is 18.4. The molecule has 0 spiro atoms. The fourth-order valence-corrected chi connectivity index (χ4v) is 4.65. The van der Waals surface area contributed by atoms with Gasteiger partial charge in [0.1, 0.15) is 6.61 Å². The Bertz CT molecular complexity index is 1260. The van der Waals surface area contributed by atoms with Crippen LogP contribution in [0.1, 0.15) is 36.1 Å². The highest BCUT2D eigenvalue weighted by molar-refractivity contribution is 7.14. The summed E-state index contributed by atoms with van der Waals surface area (Å²) in [5.74, 6) is 0.365. The number of carbonyl (C=O) groups excluding carboxylic acids is 2. The van der Waals surface area contributed by atoms with E-state index >= 15 is 0 Å². The number of aromatic nitrogens is 3. The van der Waals surface area contributed by atoms with Crippen molar-refractivity contribution in [3.8, 4) is 11.4 Å². The maximum atomic E-state index is 12.4. The summed E-state index contributed by atoms with van der Waals surface area (Å²) in [6.07, 6.45) is 0.410. The zero-order chi connectivity index (χ0) is 23.4. The fourth-order valence-electron chi connectivity index (χ4n) is 3.15. The first-order valence-electron chi connectivity index (χ1n) is 10.2. The van der Waals surface area contributed by atoms with Gasteiger partial charge in [0, 0.05) is 29.7 Å². The molecule has 0 saturated carbocycles. The molecule has 1 aromatic carbocycles. The molecular weight excluding hydrogens is 460 g/mol. The van der Waals surface area contributed by atoms with Crippen LogP contribution in [-0.2, 0) is 27.4 Å². The van der Waals surface area contributed by atoms with Crippen LogP contribution in [0.25, 0.3) is 11.4 Å². The molecule has 10 heteroatoms. The molecule has 0 atom stereocenters. The summed E-state index contributed by atoms with van der Waals surface area (Å²) in [6, 6.07) is 7.72. The smallest absolute Gasteiger partial charge is 0.306 e. The molecule has 0 fully saturated rings. The molecule has 0 radical (unpaired) electrons. The van der Waals surface area contributed by atoms with Crippen LogP contribution in [0.2, 0.25) is 0 Å². The van der Waals surface area contributed by atoms with Gasteiger partial charge in [0.2, 0.25) is 17.6 Å². The lowest BCUT2D eigenvalue weighted by atomic mass is 10.1. The van der Waals surface area contributed by atoms with Crippen LogP contribution in [0.15, 0.2) is 44.9 Å². The molecule has 0 saturated heterocycles. The minimum atomic E-state index is -0.391. The van der Waals surface area contributed by atoms with Crippen molar-refractivity contribution in [3.05, 3.63) is 63.1 Å². The number of thiazole rings is 1. The Kier molecular flexibility index (Phi) is 6.95. The first kappa shape index (κ1) is 22.8. The third kappa shape index (κ3) is 5.35. The lowest BCUT2D eigenvalue weighted by Crippen LogP contribution is -2.23. The fraction of sp³-hybridized carbons (Fsp3) is 0.261. The van der Waals surface area contributed by atoms with Gasteiger partial charge in [-0.2, -0.15) is 16.3 Å². The van der Waals surface area contributed by atoms with E-state index in [0.29, 0.717) is 29.0 Å². The molecule has 170 valence electrons. The third-order valence-corrected chi connectivity index (χ3v) is 6.59. The van der Waals surface area contributed by atoms with E-state index in [-0.39, 0.29) is 18.9 Å². The number of benzene rings is 1. The van der Waals surface area contributed by atoms with Crippen molar-refractivity contribution in [2.24, 2.45) is 0 Å². The number of rotatable bonds is 8. The molecule has 0 unspecified atom stereocenters. The zero-order valence-corrected chi connectivity index (χ0v) is 20.0. The number of aryl methyl sites for hydroxylation is 2. The number of esters is 1. The minimum absolute atomic E-state index is 0.0257. The Morgan fingerprint density at radius 3 is 2.76 bits per heavy atom. The van der Waals surface area contributed by atoms with E-state index in [2.05, 4.69) is 15.1 Å². The number of hydrogen-bond donors (Lipinski definition) is 0. The number of thiophene rings is 1. The lowest BCUT2D eigenvalue weighted by Gasteiger charge is -2.21. The Hall–Kier alpha value is -3.37. The van der Waals surface area contributed by atoms with Gasteiger partial charge in [-0.05, 0) is 42.5 Å². The predicted octanol–water partition coefficient (Wildman–Crippen LogP) is 5.23. The Morgan fingerprint density at radius 2 is 2.00 bits per heavy atom. The summed E-state index contributed by atoms with van der Waals surface area (Å²) in [5.41, 5.74) is 4.36. The highest BCUT2D eigenvalue weighted by Crippen LogP contribution is 2.32. The summed E-state index contributed by atoms with van der Waals surface area (Å²) < 4.78 is 10.5. The van der Waals surface area contributed by atoms with Crippen molar-refractivity contribution < 1.29 is 18.8 Å². The van der Waals surface area contributed by atoms with Crippen molar-refractivity contribution >= 4 is 45.4 Å². The Morgan fingerprint density at radius 1 is 1.15 bits per heavy atom. The summed E-state index contributed by atoms with van der Waals surface area (Å²) in [4.78, 5) is 34.9. The average Bonchev–Trinajstić information content (AvgIpc) is 3.55. The number of amides is 1. The van der Waals surface area contributed by atoms with Crippen molar-refractivity contribution in [1.82, 2.24) is 15.1 Å².